The molecule has 3 fully saturated rings. The molecule has 2 bridgehead atoms. The summed E-state index contributed by atoms with van der Waals surface area (Å²) in [4.78, 5) is 27.4. The number of hydrogen-bond donors (Lipinski definition) is 0. The van der Waals surface area contributed by atoms with Crippen molar-refractivity contribution < 1.29 is 19.1 Å². The van der Waals surface area contributed by atoms with E-state index in [1.54, 1.807) is 0 Å². The van der Waals surface area contributed by atoms with E-state index >= 15 is 0 Å². The summed E-state index contributed by atoms with van der Waals surface area (Å²) in [6.45, 7) is 4.49. The van der Waals surface area contributed by atoms with Gasteiger partial charge in [0.1, 0.15) is 6.10 Å². The van der Waals surface area contributed by atoms with Crippen LogP contribution in [0.4, 0.5) is 5.69 Å². The van der Waals surface area contributed by atoms with E-state index < -0.39 is 5.54 Å². The molecule has 1 aromatic rings. The van der Waals surface area contributed by atoms with Gasteiger partial charge >= 0.3 is 5.97 Å². The van der Waals surface area contributed by atoms with Crippen LogP contribution in [0.15, 0.2) is 22.7 Å². The molecule has 4 aliphatic rings. The first-order chi connectivity index (χ1) is 11.0. The lowest BCUT2D eigenvalue weighted by atomic mass is 9.61. The molecule has 1 saturated carbocycles. The van der Waals surface area contributed by atoms with Crippen LogP contribution in [0.2, 0.25) is 0 Å². The molecule has 5 nitrogen and oxygen atoms in total. The summed E-state index contributed by atoms with van der Waals surface area (Å²) in [5.74, 6) is -0.252. The molecule has 1 amide bonds. The van der Waals surface area contributed by atoms with Gasteiger partial charge in [-0.1, -0.05) is 13.0 Å². The van der Waals surface area contributed by atoms with Crippen molar-refractivity contribution in [2.45, 2.75) is 25.5 Å². The third kappa shape index (κ3) is 1.36. The first-order valence-electron chi connectivity index (χ1n) is 7.92. The van der Waals surface area contributed by atoms with Gasteiger partial charge in [0, 0.05) is 5.92 Å². The van der Waals surface area contributed by atoms with Crippen molar-refractivity contribution in [2.75, 3.05) is 11.5 Å². The van der Waals surface area contributed by atoms with Crippen LogP contribution in [0, 0.1) is 23.7 Å². The monoisotopic (exact) mass is 377 g/mol. The summed E-state index contributed by atoms with van der Waals surface area (Å²) in [6.07, 6.45) is -0.233. The third-order valence-corrected chi connectivity index (χ3v) is 7.01. The molecule has 3 heterocycles. The van der Waals surface area contributed by atoms with Crippen LogP contribution in [-0.2, 0) is 14.3 Å². The van der Waals surface area contributed by atoms with Gasteiger partial charge in [0.2, 0.25) is 5.91 Å². The highest BCUT2D eigenvalue weighted by Crippen LogP contribution is 2.61. The molecule has 0 spiro atoms. The van der Waals surface area contributed by atoms with E-state index in [2.05, 4.69) is 29.8 Å². The van der Waals surface area contributed by atoms with Crippen LogP contribution in [0.25, 0.3) is 0 Å². The Balaban J connectivity index is 1.79. The number of ether oxygens (including phenoxy) is 2. The largest absolute Gasteiger partial charge is 0.484 e. The number of benzene rings is 1. The first kappa shape index (κ1) is 13.8. The highest BCUT2D eigenvalue weighted by molar-refractivity contribution is 9.10. The number of hydrogen-bond acceptors (Lipinski definition) is 4. The van der Waals surface area contributed by atoms with Gasteiger partial charge in [-0.05, 0) is 40.9 Å². The van der Waals surface area contributed by atoms with Crippen molar-refractivity contribution in [3.8, 4) is 5.75 Å². The van der Waals surface area contributed by atoms with E-state index in [1.165, 1.54) is 0 Å². The lowest BCUT2D eigenvalue weighted by molar-refractivity contribution is -0.146. The molecule has 6 atom stereocenters. The molecule has 120 valence electrons. The van der Waals surface area contributed by atoms with Gasteiger partial charge in [-0.25, -0.2) is 0 Å². The van der Waals surface area contributed by atoms with Gasteiger partial charge in [-0.3, -0.25) is 14.5 Å². The number of fused-ring (bicyclic) bond motifs is 6. The average molecular weight is 378 g/mol. The number of halogens is 1. The molecule has 0 aromatic heterocycles. The number of anilines is 1. The molecule has 0 radical (unpaired) electrons. The second-order valence-electron chi connectivity index (χ2n) is 7.16. The van der Waals surface area contributed by atoms with Crippen LogP contribution < -0.4 is 9.64 Å². The molecule has 2 saturated heterocycles. The fraction of sp³-hybridized carbons (Fsp3) is 0.529. The van der Waals surface area contributed by atoms with E-state index in [0.29, 0.717) is 12.4 Å². The van der Waals surface area contributed by atoms with Crippen LogP contribution in [-0.4, -0.2) is 30.1 Å². The zero-order valence-corrected chi connectivity index (χ0v) is 14.4. The number of carbonyl (C=O) groups excluding carboxylic acids is 2. The summed E-state index contributed by atoms with van der Waals surface area (Å²) < 4.78 is 12.5. The number of para-hydroxylation sites is 1. The predicted octanol–water partition coefficient (Wildman–Crippen LogP) is 2.37. The standard InChI is InChI=1S/C17H16BrNO4/c1-7-11-12-8(6-22-16(12)21)14-17(7,2)19(15(11)20)10-5-3-4-9(18)13(10)23-14/h3-5,7-8,11-12,14H,6H2,1-2H3/t7-,8-,11+,12-,14-,17-/m1/s1. The molecular formula is C17H16BrNO4. The lowest BCUT2D eigenvalue weighted by Crippen LogP contribution is -2.64. The van der Waals surface area contributed by atoms with Crippen LogP contribution in [0.1, 0.15) is 13.8 Å². The number of nitrogens with zero attached hydrogens (tertiary/aromatic N) is 1. The lowest BCUT2D eigenvalue weighted by Gasteiger charge is -2.52. The van der Waals surface area contributed by atoms with Crippen molar-refractivity contribution in [1.82, 2.24) is 0 Å². The molecule has 0 N–H and O–H groups in total. The smallest absolute Gasteiger partial charge is 0.310 e. The topological polar surface area (TPSA) is 55.8 Å². The predicted molar refractivity (Wildman–Crippen MR) is 85.0 cm³/mol. The fourth-order valence-corrected chi connectivity index (χ4v) is 5.64. The van der Waals surface area contributed by atoms with E-state index in [4.69, 9.17) is 9.47 Å². The normalized spacial score (nSPS) is 42.9. The fourth-order valence-electron chi connectivity index (χ4n) is 5.20. The minimum Gasteiger partial charge on any atom is -0.484 e. The Morgan fingerprint density at radius 3 is 2.87 bits per heavy atom. The minimum atomic E-state index is -0.440. The van der Waals surface area contributed by atoms with Crippen molar-refractivity contribution in [3.63, 3.8) is 0 Å². The number of cyclic esters (lactones) is 1. The van der Waals surface area contributed by atoms with Gasteiger partial charge in [0.15, 0.2) is 5.75 Å². The molecular weight excluding hydrogens is 362 g/mol. The maximum Gasteiger partial charge on any atom is 0.310 e. The van der Waals surface area contributed by atoms with Crippen LogP contribution in [0.5, 0.6) is 5.75 Å². The maximum absolute atomic E-state index is 13.2. The van der Waals surface area contributed by atoms with Gasteiger partial charge in [-0.15, -0.1) is 0 Å². The second-order valence-corrected chi connectivity index (χ2v) is 8.01. The Kier molecular flexibility index (Phi) is 2.46. The molecule has 1 aliphatic carbocycles. The molecule has 0 unspecified atom stereocenters. The van der Waals surface area contributed by atoms with Crippen molar-refractivity contribution in [1.29, 1.82) is 0 Å². The van der Waals surface area contributed by atoms with Crippen molar-refractivity contribution in [2.24, 2.45) is 23.7 Å². The van der Waals surface area contributed by atoms with E-state index in [1.807, 2.05) is 23.1 Å². The average Bonchev–Trinajstić information content (AvgIpc) is 2.95. The molecule has 5 rings (SSSR count). The number of rotatable bonds is 0. The summed E-state index contributed by atoms with van der Waals surface area (Å²) >= 11 is 3.53. The SMILES string of the molecule is C[C@@H]1[C@@H]2C(=O)N3c4cccc(Br)c4O[C@H]([C@@H]4COC(=O)[C@H]42)[C@@]13C. The Bertz CT molecular complexity index is 765. The van der Waals surface area contributed by atoms with Gasteiger partial charge in [-0.2, -0.15) is 0 Å². The van der Waals surface area contributed by atoms with E-state index in [0.717, 1.165) is 10.2 Å². The Labute approximate surface area is 142 Å². The summed E-state index contributed by atoms with van der Waals surface area (Å²) in [5.41, 5.74) is 0.357. The summed E-state index contributed by atoms with van der Waals surface area (Å²) in [5, 5.41) is 0. The zero-order chi connectivity index (χ0) is 16.1. The van der Waals surface area contributed by atoms with Crippen molar-refractivity contribution in [3.05, 3.63) is 22.7 Å². The molecule has 1 aromatic carbocycles. The van der Waals surface area contributed by atoms with E-state index in [-0.39, 0.29) is 41.7 Å². The van der Waals surface area contributed by atoms with Gasteiger partial charge < -0.3 is 9.47 Å². The Hall–Kier alpha value is -1.56. The highest BCUT2D eigenvalue weighted by atomic mass is 79.9. The van der Waals surface area contributed by atoms with Gasteiger partial charge in [0.25, 0.3) is 0 Å². The zero-order valence-electron chi connectivity index (χ0n) is 12.8. The molecule has 6 heteroatoms. The van der Waals surface area contributed by atoms with E-state index in [9.17, 15) is 9.59 Å². The second kappa shape index (κ2) is 4.09. The summed E-state index contributed by atoms with van der Waals surface area (Å²) in [7, 11) is 0. The molecule has 23 heavy (non-hydrogen) atoms. The third-order valence-electron chi connectivity index (χ3n) is 6.38. The summed E-state index contributed by atoms with van der Waals surface area (Å²) in [6, 6.07) is 5.73. The number of amides is 1. The Morgan fingerprint density at radius 2 is 2.09 bits per heavy atom. The Morgan fingerprint density at radius 1 is 1.30 bits per heavy atom. The highest BCUT2D eigenvalue weighted by Gasteiger charge is 2.72. The number of esters is 1. The van der Waals surface area contributed by atoms with Crippen LogP contribution in [0.3, 0.4) is 0 Å². The molecule has 3 aliphatic heterocycles. The van der Waals surface area contributed by atoms with Gasteiger partial charge in [0.05, 0.1) is 34.1 Å². The maximum atomic E-state index is 13.2. The minimum absolute atomic E-state index is 0.0269. The number of carbonyl (C=O) groups is 2. The van der Waals surface area contributed by atoms with Crippen molar-refractivity contribution >= 4 is 33.5 Å². The first-order valence-corrected chi connectivity index (χ1v) is 8.71. The van der Waals surface area contributed by atoms with Crippen LogP contribution >= 0.6 is 15.9 Å². The quantitative estimate of drug-likeness (QED) is 0.651.